The second kappa shape index (κ2) is 10.4. The predicted molar refractivity (Wildman–Crippen MR) is 109 cm³/mol. The lowest BCUT2D eigenvalue weighted by Crippen LogP contribution is -2.54. The quantitative estimate of drug-likeness (QED) is 0.332. The van der Waals surface area contributed by atoms with Crippen LogP contribution in [0.25, 0.3) is 6.08 Å². The third-order valence-corrected chi connectivity index (χ3v) is 4.17. The highest BCUT2D eigenvalue weighted by Gasteiger charge is 2.29. The molecule has 0 heterocycles. The Morgan fingerprint density at radius 2 is 1.71 bits per heavy atom. The lowest BCUT2D eigenvalue weighted by Gasteiger charge is -2.20. The number of nitrogens with two attached hydrogens (primary N) is 1. The second-order valence-corrected chi connectivity index (χ2v) is 6.59. The molecule has 2 rings (SSSR count). The van der Waals surface area contributed by atoms with Crippen molar-refractivity contribution in [2.45, 2.75) is 25.2 Å². The Hall–Kier alpha value is -3.61. The summed E-state index contributed by atoms with van der Waals surface area (Å²) >= 11 is 0. The lowest BCUT2D eigenvalue weighted by atomic mass is 10.1. The maximum absolute atomic E-state index is 12.5. The number of carbonyl (C=O) groups excluding carboxylic acids is 2. The standard InChI is InChI=1S/C22H20F3N3O3/c1-14(26)19(21(30)28-31)27-20(29)17-10-6-15(7-11-17)4-2-3-5-16-8-12-18(13-9-16)22(23,24)25/h2,4,6-14,19,31H,26H2,1H3,(H,27,29)(H,28,30)/t14-,19+/m1/s1. The SMILES string of the molecule is C[C@@H](N)[C@H](NC(=O)c1ccc(C=CC#Cc2ccc(C(F)(F)F)cc2)cc1)C(=O)NO. The summed E-state index contributed by atoms with van der Waals surface area (Å²) in [5.74, 6) is 4.10. The van der Waals surface area contributed by atoms with Gasteiger partial charge in [0.05, 0.1) is 5.56 Å². The number of carbonyl (C=O) groups is 2. The Morgan fingerprint density at radius 1 is 1.10 bits per heavy atom. The van der Waals surface area contributed by atoms with E-state index in [1.54, 1.807) is 18.2 Å². The van der Waals surface area contributed by atoms with Crippen LogP contribution in [0.4, 0.5) is 13.2 Å². The van der Waals surface area contributed by atoms with Crippen LogP contribution in [-0.2, 0) is 11.0 Å². The molecule has 0 aromatic heterocycles. The first-order chi connectivity index (χ1) is 14.6. The highest BCUT2D eigenvalue weighted by Crippen LogP contribution is 2.28. The molecule has 0 fully saturated rings. The van der Waals surface area contributed by atoms with Gasteiger partial charge in [-0.25, -0.2) is 5.48 Å². The number of halogens is 3. The number of hydrogen-bond acceptors (Lipinski definition) is 4. The van der Waals surface area contributed by atoms with Crippen molar-refractivity contribution in [2.75, 3.05) is 0 Å². The largest absolute Gasteiger partial charge is 0.416 e. The van der Waals surface area contributed by atoms with E-state index in [1.807, 2.05) is 0 Å². The fraction of sp³-hybridized carbons (Fsp3) is 0.182. The van der Waals surface area contributed by atoms with E-state index in [9.17, 15) is 22.8 Å². The van der Waals surface area contributed by atoms with Crippen LogP contribution >= 0.6 is 0 Å². The molecule has 5 N–H and O–H groups in total. The molecular weight excluding hydrogens is 411 g/mol. The molecule has 162 valence electrons. The smallest absolute Gasteiger partial charge is 0.339 e. The number of amides is 2. The number of rotatable bonds is 5. The highest BCUT2D eigenvalue weighted by atomic mass is 19.4. The highest BCUT2D eigenvalue weighted by molar-refractivity contribution is 5.97. The van der Waals surface area contributed by atoms with Crippen molar-refractivity contribution in [3.63, 3.8) is 0 Å². The fourth-order valence-corrected chi connectivity index (χ4v) is 2.48. The molecule has 0 aliphatic rings. The molecule has 0 radical (unpaired) electrons. The van der Waals surface area contributed by atoms with Crippen LogP contribution in [0, 0.1) is 11.8 Å². The van der Waals surface area contributed by atoms with E-state index < -0.39 is 35.6 Å². The molecule has 6 nitrogen and oxygen atoms in total. The summed E-state index contributed by atoms with van der Waals surface area (Å²) in [7, 11) is 0. The average Bonchev–Trinajstić information content (AvgIpc) is 2.74. The maximum atomic E-state index is 12.5. The number of hydroxylamine groups is 1. The minimum absolute atomic E-state index is 0.282. The first kappa shape index (κ1) is 23.7. The topological polar surface area (TPSA) is 104 Å². The molecule has 2 atom stereocenters. The molecule has 0 bridgehead atoms. The van der Waals surface area contributed by atoms with Crippen LogP contribution in [0.15, 0.2) is 54.6 Å². The van der Waals surface area contributed by atoms with Crippen LogP contribution in [0.2, 0.25) is 0 Å². The summed E-state index contributed by atoms with van der Waals surface area (Å²) < 4.78 is 37.6. The zero-order valence-electron chi connectivity index (χ0n) is 16.4. The summed E-state index contributed by atoms with van der Waals surface area (Å²) in [6.07, 6.45) is -1.18. The summed E-state index contributed by atoms with van der Waals surface area (Å²) in [6, 6.07) is 9.08. The summed E-state index contributed by atoms with van der Waals surface area (Å²) in [5.41, 5.74) is 7.82. The molecule has 0 unspecified atom stereocenters. The summed E-state index contributed by atoms with van der Waals surface area (Å²) in [5, 5.41) is 11.2. The number of allylic oxidation sites excluding steroid dienone is 1. The third kappa shape index (κ3) is 6.99. The normalized spacial score (nSPS) is 13.1. The summed E-state index contributed by atoms with van der Waals surface area (Å²) in [4.78, 5) is 23.8. The number of alkyl halides is 3. The van der Waals surface area contributed by atoms with Gasteiger partial charge in [-0.15, -0.1) is 0 Å². The van der Waals surface area contributed by atoms with Crippen LogP contribution in [-0.4, -0.2) is 29.1 Å². The van der Waals surface area contributed by atoms with E-state index >= 15 is 0 Å². The predicted octanol–water partition coefficient (Wildman–Crippen LogP) is 2.72. The van der Waals surface area contributed by atoms with Gasteiger partial charge in [-0.2, -0.15) is 13.2 Å². The van der Waals surface area contributed by atoms with Crippen molar-refractivity contribution >= 4 is 17.9 Å². The molecule has 0 saturated heterocycles. The van der Waals surface area contributed by atoms with E-state index in [0.29, 0.717) is 5.56 Å². The first-order valence-corrected chi connectivity index (χ1v) is 9.07. The monoisotopic (exact) mass is 431 g/mol. The molecule has 0 saturated carbocycles. The van der Waals surface area contributed by atoms with Crippen LogP contribution < -0.4 is 16.5 Å². The third-order valence-electron chi connectivity index (χ3n) is 4.17. The Bertz CT molecular complexity index is 1000. The van der Waals surface area contributed by atoms with Crippen molar-refractivity contribution < 1.29 is 28.0 Å². The number of nitrogens with one attached hydrogen (secondary N) is 2. The minimum atomic E-state index is -4.39. The van der Waals surface area contributed by atoms with Gasteiger partial charge in [0.25, 0.3) is 11.8 Å². The van der Waals surface area contributed by atoms with Crippen molar-refractivity contribution in [3.8, 4) is 11.8 Å². The van der Waals surface area contributed by atoms with E-state index in [2.05, 4.69) is 17.2 Å². The minimum Gasteiger partial charge on any atom is -0.339 e. The maximum Gasteiger partial charge on any atom is 0.416 e. The number of hydrogen-bond donors (Lipinski definition) is 4. The van der Waals surface area contributed by atoms with Gasteiger partial charge in [-0.1, -0.05) is 24.0 Å². The molecule has 9 heteroatoms. The van der Waals surface area contributed by atoms with Gasteiger partial charge < -0.3 is 11.1 Å². The van der Waals surface area contributed by atoms with Gasteiger partial charge in [0.2, 0.25) is 0 Å². The van der Waals surface area contributed by atoms with Gasteiger partial charge >= 0.3 is 6.18 Å². The molecule has 0 spiro atoms. The Labute approximate surface area is 176 Å². The Balaban J connectivity index is 2.00. The van der Waals surface area contributed by atoms with E-state index in [1.165, 1.54) is 42.7 Å². The fourth-order valence-electron chi connectivity index (χ4n) is 2.48. The van der Waals surface area contributed by atoms with Gasteiger partial charge in [0, 0.05) is 17.2 Å². The Morgan fingerprint density at radius 3 is 2.23 bits per heavy atom. The van der Waals surface area contributed by atoms with E-state index in [4.69, 9.17) is 10.9 Å². The van der Waals surface area contributed by atoms with Crippen molar-refractivity contribution in [1.82, 2.24) is 10.8 Å². The molecule has 2 amide bonds. The molecule has 31 heavy (non-hydrogen) atoms. The first-order valence-electron chi connectivity index (χ1n) is 9.07. The number of benzene rings is 2. The van der Waals surface area contributed by atoms with Crippen LogP contribution in [0.3, 0.4) is 0 Å². The Kier molecular flexibility index (Phi) is 7.96. The lowest BCUT2D eigenvalue weighted by molar-refractivity contribution is -0.137. The average molecular weight is 431 g/mol. The van der Waals surface area contributed by atoms with Crippen molar-refractivity contribution in [2.24, 2.45) is 5.73 Å². The van der Waals surface area contributed by atoms with Gasteiger partial charge in [0.15, 0.2) is 0 Å². The van der Waals surface area contributed by atoms with Gasteiger partial charge in [-0.3, -0.25) is 14.8 Å². The zero-order valence-corrected chi connectivity index (χ0v) is 16.4. The second-order valence-electron chi connectivity index (χ2n) is 6.59. The molecular formula is C22H20F3N3O3. The zero-order chi connectivity index (χ0) is 23.0. The van der Waals surface area contributed by atoms with Crippen LogP contribution in [0.1, 0.15) is 34.0 Å². The molecule has 2 aromatic carbocycles. The van der Waals surface area contributed by atoms with E-state index in [-0.39, 0.29) is 5.56 Å². The van der Waals surface area contributed by atoms with Gasteiger partial charge in [-0.05, 0) is 61.0 Å². The molecule has 2 aromatic rings. The van der Waals surface area contributed by atoms with Crippen molar-refractivity contribution in [1.29, 1.82) is 0 Å². The molecule has 0 aliphatic carbocycles. The van der Waals surface area contributed by atoms with E-state index in [0.717, 1.165) is 17.7 Å². The summed E-state index contributed by atoms with van der Waals surface area (Å²) in [6.45, 7) is 1.51. The molecule has 0 aliphatic heterocycles. The van der Waals surface area contributed by atoms with Gasteiger partial charge in [0.1, 0.15) is 6.04 Å². The van der Waals surface area contributed by atoms with Crippen LogP contribution in [0.5, 0.6) is 0 Å². The van der Waals surface area contributed by atoms with Crippen molar-refractivity contribution in [3.05, 3.63) is 76.9 Å².